The molecule has 2 rings (SSSR count). The van der Waals surface area contributed by atoms with E-state index in [0.29, 0.717) is 4.47 Å². The van der Waals surface area contributed by atoms with E-state index >= 15 is 0 Å². The molecule has 0 aliphatic rings. The SMILES string of the molecule is O=C(Nc1c(F)c(F)cc(F)c1F)c1cc(Br)ccc1F. The van der Waals surface area contributed by atoms with E-state index in [1.807, 2.05) is 0 Å². The Morgan fingerprint density at radius 3 is 2.05 bits per heavy atom. The molecule has 0 saturated heterocycles. The monoisotopic (exact) mass is 365 g/mol. The molecule has 0 aromatic heterocycles. The lowest BCUT2D eigenvalue weighted by Gasteiger charge is -2.09. The van der Waals surface area contributed by atoms with Crippen LogP contribution in [0, 0.1) is 29.1 Å². The third-order valence-electron chi connectivity index (χ3n) is 2.52. The maximum absolute atomic E-state index is 13.5. The Hall–Kier alpha value is -1.96. The molecule has 2 nitrogen and oxygen atoms in total. The van der Waals surface area contributed by atoms with E-state index in [4.69, 9.17) is 0 Å². The second-order valence-corrected chi connectivity index (χ2v) is 4.84. The van der Waals surface area contributed by atoms with E-state index in [1.54, 1.807) is 5.32 Å². The highest BCUT2D eigenvalue weighted by molar-refractivity contribution is 9.10. The van der Waals surface area contributed by atoms with Crippen molar-refractivity contribution in [1.82, 2.24) is 0 Å². The molecule has 0 unspecified atom stereocenters. The van der Waals surface area contributed by atoms with Crippen molar-refractivity contribution in [2.45, 2.75) is 0 Å². The van der Waals surface area contributed by atoms with Gasteiger partial charge in [-0.25, -0.2) is 22.0 Å². The van der Waals surface area contributed by atoms with Crippen LogP contribution in [0.15, 0.2) is 28.7 Å². The van der Waals surface area contributed by atoms with Crippen LogP contribution in [0.5, 0.6) is 0 Å². The Balaban J connectivity index is 2.43. The zero-order valence-electron chi connectivity index (χ0n) is 9.99. The van der Waals surface area contributed by atoms with Crippen LogP contribution in [0.1, 0.15) is 10.4 Å². The molecule has 8 heteroatoms. The van der Waals surface area contributed by atoms with Crippen molar-refractivity contribution < 1.29 is 26.7 Å². The molecule has 0 heterocycles. The van der Waals surface area contributed by atoms with Gasteiger partial charge in [-0.2, -0.15) is 0 Å². The fourth-order valence-electron chi connectivity index (χ4n) is 1.54. The van der Waals surface area contributed by atoms with Crippen LogP contribution >= 0.6 is 15.9 Å². The zero-order chi connectivity index (χ0) is 15.7. The van der Waals surface area contributed by atoms with E-state index < -0.39 is 46.2 Å². The van der Waals surface area contributed by atoms with Crippen LogP contribution < -0.4 is 5.32 Å². The maximum atomic E-state index is 13.5. The Bertz CT molecular complexity index is 709. The molecule has 0 aliphatic heterocycles. The van der Waals surface area contributed by atoms with E-state index in [1.165, 1.54) is 6.07 Å². The van der Waals surface area contributed by atoms with Gasteiger partial charge >= 0.3 is 0 Å². The first kappa shape index (κ1) is 15.4. The average Bonchev–Trinajstić information content (AvgIpc) is 2.43. The largest absolute Gasteiger partial charge is 0.317 e. The highest BCUT2D eigenvalue weighted by Gasteiger charge is 2.22. The summed E-state index contributed by atoms with van der Waals surface area (Å²) in [5, 5.41) is 1.61. The summed E-state index contributed by atoms with van der Waals surface area (Å²) >= 11 is 2.99. The Morgan fingerprint density at radius 1 is 0.905 bits per heavy atom. The van der Waals surface area contributed by atoms with Gasteiger partial charge in [-0.15, -0.1) is 0 Å². The smallest absolute Gasteiger partial charge is 0.258 e. The zero-order valence-corrected chi connectivity index (χ0v) is 11.6. The molecule has 0 radical (unpaired) electrons. The lowest BCUT2D eigenvalue weighted by Crippen LogP contribution is -2.17. The Labute approximate surface area is 123 Å². The summed E-state index contributed by atoms with van der Waals surface area (Å²) < 4.78 is 66.6. The molecule has 2 aromatic rings. The second kappa shape index (κ2) is 5.80. The van der Waals surface area contributed by atoms with Gasteiger partial charge in [0.15, 0.2) is 23.3 Å². The predicted octanol–water partition coefficient (Wildman–Crippen LogP) is 4.40. The van der Waals surface area contributed by atoms with Gasteiger partial charge in [0.05, 0.1) is 5.56 Å². The second-order valence-electron chi connectivity index (χ2n) is 3.92. The van der Waals surface area contributed by atoms with Crippen molar-refractivity contribution in [2.75, 3.05) is 5.32 Å². The highest BCUT2D eigenvalue weighted by atomic mass is 79.9. The van der Waals surface area contributed by atoms with Crippen LogP contribution in [0.4, 0.5) is 27.6 Å². The number of rotatable bonds is 2. The minimum atomic E-state index is -1.78. The summed E-state index contributed by atoms with van der Waals surface area (Å²) in [6.07, 6.45) is 0. The quantitative estimate of drug-likeness (QED) is 0.620. The number of amides is 1. The molecule has 0 aliphatic carbocycles. The number of carbonyl (C=O) groups excluding carboxylic acids is 1. The number of halogens is 6. The third kappa shape index (κ3) is 3.05. The van der Waals surface area contributed by atoms with Crippen LogP contribution in [0.25, 0.3) is 0 Å². The van der Waals surface area contributed by atoms with Crippen molar-refractivity contribution in [3.8, 4) is 0 Å². The van der Waals surface area contributed by atoms with Gasteiger partial charge in [-0.05, 0) is 18.2 Å². The van der Waals surface area contributed by atoms with E-state index in [9.17, 15) is 26.7 Å². The summed E-state index contributed by atoms with van der Waals surface area (Å²) in [5.41, 5.74) is -1.87. The number of nitrogens with one attached hydrogen (secondary N) is 1. The summed E-state index contributed by atoms with van der Waals surface area (Å²) in [5.74, 6) is -9.14. The van der Waals surface area contributed by atoms with Crippen molar-refractivity contribution in [3.05, 3.63) is 63.4 Å². The van der Waals surface area contributed by atoms with Crippen molar-refractivity contribution in [1.29, 1.82) is 0 Å². The molecular weight excluding hydrogens is 361 g/mol. The van der Waals surface area contributed by atoms with Gasteiger partial charge < -0.3 is 5.32 Å². The summed E-state index contributed by atoms with van der Waals surface area (Å²) in [6.45, 7) is 0. The molecule has 1 amide bonds. The molecule has 0 bridgehead atoms. The Kier molecular flexibility index (Phi) is 4.26. The molecule has 1 N–H and O–H groups in total. The van der Waals surface area contributed by atoms with Crippen molar-refractivity contribution in [3.63, 3.8) is 0 Å². The number of hydrogen-bond donors (Lipinski definition) is 1. The number of carbonyl (C=O) groups is 1. The van der Waals surface area contributed by atoms with Crippen LogP contribution in [-0.4, -0.2) is 5.91 Å². The molecule has 0 atom stereocenters. The lowest BCUT2D eigenvalue weighted by molar-refractivity contribution is 0.102. The van der Waals surface area contributed by atoms with Crippen LogP contribution in [0.3, 0.4) is 0 Å². The molecule has 0 saturated carbocycles. The van der Waals surface area contributed by atoms with Crippen molar-refractivity contribution >= 4 is 27.5 Å². The molecule has 2 aromatic carbocycles. The van der Waals surface area contributed by atoms with Crippen LogP contribution in [0.2, 0.25) is 0 Å². The van der Waals surface area contributed by atoms with Gasteiger partial charge in [0.25, 0.3) is 5.91 Å². The number of hydrogen-bond acceptors (Lipinski definition) is 1. The topological polar surface area (TPSA) is 29.1 Å². The minimum Gasteiger partial charge on any atom is -0.317 e. The summed E-state index contributed by atoms with van der Waals surface area (Å²) in [6, 6.07) is 3.29. The minimum absolute atomic E-state index is 0.0000114. The Morgan fingerprint density at radius 2 is 1.48 bits per heavy atom. The fraction of sp³-hybridized carbons (Fsp3) is 0. The van der Waals surface area contributed by atoms with Gasteiger partial charge in [0, 0.05) is 10.5 Å². The molecule has 110 valence electrons. The first-order valence-corrected chi connectivity index (χ1v) is 6.20. The van der Waals surface area contributed by atoms with Gasteiger partial charge in [-0.3, -0.25) is 4.79 Å². The maximum Gasteiger partial charge on any atom is 0.258 e. The normalized spacial score (nSPS) is 10.6. The summed E-state index contributed by atoms with van der Waals surface area (Å²) in [7, 11) is 0. The van der Waals surface area contributed by atoms with E-state index in [0.717, 1.165) is 12.1 Å². The van der Waals surface area contributed by atoms with E-state index in [2.05, 4.69) is 15.9 Å². The van der Waals surface area contributed by atoms with Gasteiger partial charge in [-0.1, -0.05) is 15.9 Å². The first-order chi connectivity index (χ1) is 9.81. The van der Waals surface area contributed by atoms with Gasteiger partial charge in [0.1, 0.15) is 11.5 Å². The predicted molar refractivity (Wildman–Crippen MR) is 68.3 cm³/mol. The highest BCUT2D eigenvalue weighted by Crippen LogP contribution is 2.25. The van der Waals surface area contributed by atoms with E-state index in [-0.39, 0.29) is 6.07 Å². The molecule has 0 fully saturated rings. The fourth-order valence-corrected chi connectivity index (χ4v) is 1.90. The molecule has 21 heavy (non-hydrogen) atoms. The van der Waals surface area contributed by atoms with Gasteiger partial charge in [0.2, 0.25) is 0 Å². The number of anilines is 1. The van der Waals surface area contributed by atoms with Crippen molar-refractivity contribution in [2.24, 2.45) is 0 Å². The first-order valence-electron chi connectivity index (χ1n) is 5.40. The third-order valence-corrected chi connectivity index (χ3v) is 3.02. The average molecular weight is 366 g/mol. The number of benzene rings is 2. The summed E-state index contributed by atoms with van der Waals surface area (Å²) in [4.78, 5) is 11.8. The van der Waals surface area contributed by atoms with Crippen LogP contribution in [-0.2, 0) is 0 Å². The molecular formula is C13H5BrF5NO. The molecule has 0 spiro atoms. The lowest BCUT2D eigenvalue weighted by atomic mass is 10.2. The standard InChI is InChI=1S/C13H5BrF5NO/c14-5-1-2-7(15)6(3-5)13(21)20-12-10(18)8(16)4-9(17)11(12)19/h1-4H,(H,20,21).